The molecule has 0 aliphatic heterocycles. The van der Waals surface area contributed by atoms with E-state index in [1.807, 2.05) is 18.9 Å². The van der Waals surface area contributed by atoms with Crippen LogP contribution in [0.3, 0.4) is 0 Å². The molecule has 2 heterocycles. The molecule has 126 valence electrons. The molecule has 8 heteroatoms. The fraction of sp³-hybridized carbons (Fsp3) is 0.312. The van der Waals surface area contributed by atoms with Gasteiger partial charge in [0.1, 0.15) is 10.8 Å². The highest BCUT2D eigenvalue weighted by atomic mass is 35.5. The molecule has 0 bridgehead atoms. The molecule has 0 amide bonds. The minimum atomic E-state index is -0.340. The molecule has 0 saturated carbocycles. The van der Waals surface area contributed by atoms with Gasteiger partial charge in [-0.2, -0.15) is 9.61 Å². The van der Waals surface area contributed by atoms with Crippen LogP contribution in [0.15, 0.2) is 29.1 Å². The number of aryl methyl sites for hydroxylation is 1. The monoisotopic (exact) mass is 366 g/mol. The van der Waals surface area contributed by atoms with Gasteiger partial charge in [-0.05, 0) is 25.6 Å². The molecule has 0 aliphatic rings. The van der Waals surface area contributed by atoms with Crippen molar-refractivity contribution in [2.75, 3.05) is 7.05 Å². The lowest BCUT2D eigenvalue weighted by Gasteiger charge is -2.17. The van der Waals surface area contributed by atoms with Crippen molar-refractivity contribution in [3.63, 3.8) is 0 Å². The number of aromatic nitrogens is 3. The number of rotatable bonds is 5. The molecule has 3 rings (SSSR count). The van der Waals surface area contributed by atoms with Crippen LogP contribution in [0.1, 0.15) is 23.2 Å². The summed E-state index contributed by atoms with van der Waals surface area (Å²) >= 11 is 7.46. The highest BCUT2D eigenvalue weighted by molar-refractivity contribution is 7.16. The van der Waals surface area contributed by atoms with E-state index in [2.05, 4.69) is 10.1 Å². The van der Waals surface area contributed by atoms with Crippen molar-refractivity contribution in [1.82, 2.24) is 19.5 Å². The summed E-state index contributed by atoms with van der Waals surface area (Å²) in [6.45, 7) is 2.72. The van der Waals surface area contributed by atoms with E-state index in [1.54, 1.807) is 12.1 Å². The van der Waals surface area contributed by atoms with Crippen LogP contribution >= 0.6 is 22.9 Å². The zero-order chi connectivity index (χ0) is 17.3. The first-order chi connectivity index (χ1) is 11.5. The van der Waals surface area contributed by atoms with Crippen LogP contribution in [0.25, 0.3) is 4.96 Å². The maximum atomic E-state index is 13.9. The minimum Gasteiger partial charge on any atom is -0.296 e. The highest BCUT2D eigenvalue weighted by Crippen LogP contribution is 2.21. The molecule has 0 N–H and O–H groups in total. The summed E-state index contributed by atoms with van der Waals surface area (Å²) in [7, 11) is 1.83. The van der Waals surface area contributed by atoms with Gasteiger partial charge in [-0.15, -0.1) is 0 Å². The molecule has 1 aromatic carbocycles. The van der Waals surface area contributed by atoms with Gasteiger partial charge in [-0.25, -0.2) is 9.37 Å². The fourth-order valence-electron chi connectivity index (χ4n) is 2.41. The zero-order valence-electron chi connectivity index (χ0n) is 13.3. The third-order valence-electron chi connectivity index (χ3n) is 3.56. The predicted octanol–water partition coefficient (Wildman–Crippen LogP) is 3.14. The molecule has 0 aliphatic carbocycles. The third-order valence-corrected chi connectivity index (χ3v) is 4.97. The Kier molecular flexibility index (Phi) is 4.93. The van der Waals surface area contributed by atoms with Crippen LogP contribution in [-0.2, 0) is 19.5 Å². The molecule has 2 aromatic heterocycles. The second-order valence-corrected chi connectivity index (χ2v) is 6.95. The first-order valence-corrected chi connectivity index (χ1v) is 8.67. The Morgan fingerprint density at radius 2 is 2.17 bits per heavy atom. The fourth-order valence-corrected chi connectivity index (χ4v) is 3.49. The van der Waals surface area contributed by atoms with Crippen LogP contribution in [0.2, 0.25) is 5.02 Å². The standard InChI is InChI=1S/C16H16ClFN4OS/c1-3-14-20-22-15(23)7-10(19-16(22)24-14)8-21(2)9-11-12(17)5-4-6-13(11)18/h4-7H,3,8-9H2,1-2H3. The van der Waals surface area contributed by atoms with Gasteiger partial charge < -0.3 is 0 Å². The lowest BCUT2D eigenvalue weighted by molar-refractivity contribution is 0.310. The smallest absolute Gasteiger partial charge is 0.275 e. The average molecular weight is 367 g/mol. The molecule has 0 saturated heterocycles. The Morgan fingerprint density at radius 1 is 1.38 bits per heavy atom. The van der Waals surface area contributed by atoms with Crippen LogP contribution in [0, 0.1) is 5.82 Å². The number of halogens is 2. The van der Waals surface area contributed by atoms with Gasteiger partial charge in [0.15, 0.2) is 0 Å². The van der Waals surface area contributed by atoms with Crippen LogP contribution in [-0.4, -0.2) is 26.5 Å². The van der Waals surface area contributed by atoms with Gasteiger partial charge in [0.2, 0.25) is 4.96 Å². The van der Waals surface area contributed by atoms with E-state index in [-0.39, 0.29) is 11.4 Å². The Bertz CT molecular complexity index is 919. The summed E-state index contributed by atoms with van der Waals surface area (Å²) in [5, 5.41) is 5.47. The molecular weight excluding hydrogens is 351 g/mol. The maximum Gasteiger partial charge on any atom is 0.275 e. The summed E-state index contributed by atoms with van der Waals surface area (Å²) in [5.74, 6) is -0.340. The van der Waals surface area contributed by atoms with Gasteiger partial charge in [0.05, 0.1) is 5.69 Å². The van der Waals surface area contributed by atoms with Crippen LogP contribution < -0.4 is 5.56 Å². The Balaban J connectivity index is 1.82. The Labute approximate surface area is 147 Å². The Morgan fingerprint density at radius 3 is 2.88 bits per heavy atom. The predicted molar refractivity (Wildman–Crippen MR) is 93.1 cm³/mol. The molecule has 24 heavy (non-hydrogen) atoms. The van der Waals surface area contributed by atoms with Crippen LogP contribution in [0.5, 0.6) is 0 Å². The second-order valence-electron chi connectivity index (χ2n) is 5.50. The van der Waals surface area contributed by atoms with Crippen molar-refractivity contribution < 1.29 is 4.39 Å². The largest absolute Gasteiger partial charge is 0.296 e. The highest BCUT2D eigenvalue weighted by Gasteiger charge is 2.13. The van der Waals surface area contributed by atoms with Crippen LogP contribution in [0.4, 0.5) is 4.39 Å². The van der Waals surface area contributed by atoms with E-state index >= 15 is 0 Å². The SMILES string of the molecule is CCc1nn2c(=O)cc(CN(C)Cc3c(F)cccc3Cl)nc2s1. The van der Waals surface area contributed by atoms with Gasteiger partial charge in [0.25, 0.3) is 5.56 Å². The topological polar surface area (TPSA) is 50.5 Å². The summed E-state index contributed by atoms with van der Waals surface area (Å²) in [6.07, 6.45) is 0.758. The quantitative estimate of drug-likeness (QED) is 0.696. The van der Waals surface area contributed by atoms with Gasteiger partial charge in [0, 0.05) is 29.7 Å². The van der Waals surface area contributed by atoms with Crippen molar-refractivity contribution in [2.45, 2.75) is 26.4 Å². The van der Waals surface area contributed by atoms with Gasteiger partial charge >= 0.3 is 0 Å². The molecule has 0 atom stereocenters. The molecule has 0 radical (unpaired) electrons. The lowest BCUT2D eigenvalue weighted by Crippen LogP contribution is -2.22. The molecule has 0 fully saturated rings. The number of hydrogen-bond donors (Lipinski definition) is 0. The molecule has 5 nitrogen and oxygen atoms in total. The van der Waals surface area contributed by atoms with E-state index < -0.39 is 0 Å². The molecule has 0 spiro atoms. The van der Waals surface area contributed by atoms with E-state index in [0.717, 1.165) is 11.4 Å². The molecule has 0 unspecified atom stereocenters. The third kappa shape index (κ3) is 3.48. The summed E-state index contributed by atoms with van der Waals surface area (Å²) in [4.78, 5) is 19.1. The Hall–Kier alpha value is -1.83. The van der Waals surface area contributed by atoms with Gasteiger partial charge in [-0.3, -0.25) is 9.69 Å². The van der Waals surface area contributed by atoms with Crippen molar-refractivity contribution in [2.24, 2.45) is 0 Å². The first-order valence-electron chi connectivity index (χ1n) is 7.48. The van der Waals surface area contributed by atoms with E-state index in [9.17, 15) is 9.18 Å². The average Bonchev–Trinajstić information content (AvgIpc) is 2.95. The van der Waals surface area contributed by atoms with E-state index in [0.29, 0.717) is 34.3 Å². The molecular formula is C16H16ClFN4OS. The summed E-state index contributed by atoms with van der Waals surface area (Å²) < 4.78 is 15.2. The number of benzene rings is 1. The summed E-state index contributed by atoms with van der Waals surface area (Å²) in [6, 6.07) is 6.09. The van der Waals surface area contributed by atoms with Gasteiger partial charge in [-0.1, -0.05) is 35.9 Å². The van der Waals surface area contributed by atoms with E-state index in [1.165, 1.54) is 28.0 Å². The first kappa shape index (κ1) is 17.0. The van der Waals surface area contributed by atoms with Crippen molar-refractivity contribution in [3.05, 3.63) is 61.7 Å². The summed E-state index contributed by atoms with van der Waals surface area (Å²) in [5.41, 5.74) is 0.857. The number of fused-ring (bicyclic) bond motifs is 1. The number of hydrogen-bond acceptors (Lipinski definition) is 5. The minimum absolute atomic E-state index is 0.205. The van der Waals surface area contributed by atoms with Crippen molar-refractivity contribution in [1.29, 1.82) is 0 Å². The van der Waals surface area contributed by atoms with Crippen molar-refractivity contribution in [3.8, 4) is 0 Å². The lowest BCUT2D eigenvalue weighted by atomic mass is 10.2. The normalized spacial score (nSPS) is 11.5. The molecule has 3 aromatic rings. The van der Waals surface area contributed by atoms with E-state index in [4.69, 9.17) is 11.6 Å². The second kappa shape index (κ2) is 6.96. The number of nitrogens with zero attached hydrogens (tertiary/aromatic N) is 4. The zero-order valence-corrected chi connectivity index (χ0v) is 14.9. The maximum absolute atomic E-state index is 13.9. The van der Waals surface area contributed by atoms with Crippen molar-refractivity contribution >= 4 is 27.9 Å².